The zero-order chi connectivity index (χ0) is 19.3. The van der Waals surface area contributed by atoms with E-state index < -0.39 is 0 Å². The molecule has 0 aromatic heterocycles. The number of methoxy groups -OCH3 is 1. The first-order valence-electron chi connectivity index (χ1n) is 9.66. The molecule has 2 aliphatic heterocycles. The molecule has 3 aliphatic rings. The molecule has 0 saturated carbocycles. The van der Waals surface area contributed by atoms with Crippen molar-refractivity contribution in [2.45, 2.75) is 32.2 Å². The van der Waals surface area contributed by atoms with Gasteiger partial charge in [-0.15, -0.1) is 0 Å². The summed E-state index contributed by atoms with van der Waals surface area (Å²) < 4.78 is 5.33. The molecule has 5 rings (SSSR count). The number of hydrogen-bond donors (Lipinski definition) is 0. The Bertz CT molecular complexity index is 1020. The van der Waals surface area contributed by atoms with Gasteiger partial charge in [0.2, 0.25) is 5.91 Å². The highest BCUT2D eigenvalue weighted by molar-refractivity contribution is 8.15. The third-order valence-corrected chi connectivity index (χ3v) is 6.68. The minimum atomic E-state index is -0.0811. The first-order chi connectivity index (χ1) is 13.7. The number of amides is 1. The molecule has 1 fully saturated rings. The maximum atomic E-state index is 12.8. The summed E-state index contributed by atoms with van der Waals surface area (Å²) in [5.41, 5.74) is 7.29. The molecule has 2 aromatic rings. The zero-order valence-electron chi connectivity index (χ0n) is 16.1. The fourth-order valence-corrected chi connectivity index (χ4v) is 5.28. The van der Waals surface area contributed by atoms with E-state index >= 15 is 0 Å². The van der Waals surface area contributed by atoms with E-state index in [1.807, 2.05) is 17.0 Å². The van der Waals surface area contributed by atoms with Crippen LogP contribution in [0.1, 0.15) is 41.1 Å². The molecule has 0 N–H and O–H groups in total. The molecule has 1 atom stereocenters. The molecule has 5 heteroatoms. The van der Waals surface area contributed by atoms with E-state index in [0.29, 0.717) is 5.75 Å². The van der Waals surface area contributed by atoms with Gasteiger partial charge in [-0.25, -0.2) is 4.99 Å². The summed E-state index contributed by atoms with van der Waals surface area (Å²) in [5, 5.41) is 0.832. The third kappa shape index (κ3) is 2.76. The number of fused-ring (bicyclic) bond motifs is 3. The van der Waals surface area contributed by atoms with Crippen molar-refractivity contribution in [2.24, 2.45) is 4.99 Å². The van der Waals surface area contributed by atoms with Gasteiger partial charge in [-0.05, 0) is 61.1 Å². The van der Waals surface area contributed by atoms with Gasteiger partial charge >= 0.3 is 0 Å². The number of thioether (sulfide) groups is 1. The van der Waals surface area contributed by atoms with E-state index in [1.165, 1.54) is 22.3 Å². The number of hydrogen-bond acceptors (Lipinski definition) is 4. The summed E-state index contributed by atoms with van der Waals surface area (Å²) in [6.07, 6.45) is 3.07. The summed E-state index contributed by atoms with van der Waals surface area (Å²) in [5.74, 6) is 1.43. The fraction of sp³-hybridized carbons (Fsp3) is 0.304. The number of carbonyl (C=O) groups is 1. The van der Waals surface area contributed by atoms with Crippen LogP contribution in [-0.4, -0.2) is 28.8 Å². The summed E-state index contributed by atoms with van der Waals surface area (Å²) in [6, 6.07) is 14.7. The Kier molecular flexibility index (Phi) is 4.27. The number of ether oxygens (including phenoxy) is 1. The summed E-state index contributed by atoms with van der Waals surface area (Å²) >= 11 is 1.55. The van der Waals surface area contributed by atoms with Gasteiger partial charge in [-0.3, -0.25) is 9.69 Å². The van der Waals surface area contributed by atoms with Gasteiger partial charge in [0.25, 0.3) is 0 Å². The first-order valence-corrected chi connectivity index (χ1v) is 10.6. The summed E-state index contributed by atoms with van der Waals surface area (Å²) in [6.45, 7) is 2.13. The van der Waals surface area contributed by atoms with Gasteiger partial charge in [0, 0.05) is 5.56 Å². The van der Waals surface area contributed by atoms with Crippen molar-refractivity contribution in [2.75, 3.05) is 12.9 Å². The lowest BCUT2D eigenvalue weighted by Gasteiger charge is -2.34. The molecule has 0 radical (unpaired) electrons. The number of benzene rings is 2. The lowest BCUT2D eigenvalue weighted by molar-refractivity contribution is -0.125. The maximum Gasteiger partial charge on any atom is 0.239 e. The van der Waals surface area contributed by atoms with E-state index in [1.54, 1.807) is 18.9 Å². The highest BCUT2D eigenvalue weighted by atomic mass is 32.2. The normalized spacial score (nSPS) is 20.9. The molecule has 2 aromatic carbocycles. The van der Waals surface area contributed by atoms with Crippen LogP contribution in [0.2, 0.25) is 0 Å². The van der Waals surface area contributed by atoms with E-state index in [9.17, 15) is 4.79 Å². The monoisotopic (exact) mass is 390 g/mol. The third-order valence-electron chi connectivity index (χ3n) is 5.74. The molecular formula is C23H22N2O2S. The van der Waals surface area contributed by atoms with Crippen LogP contribution in [0.25, 0.3) is 5.70 Å². The highest BCUT2D eigenvalue weighted by Crippen LogP contribution is 2.47. The van der Waals surface area contributed by atoms with Crippen LogP contribution >= 0.6 is 11.8 Å². The molecule has 28 heavy (non-hydrogen) atoms. The van der Waals surface area contributed by atoms with Gasteiger partial charge in [0.1, 0.15) is 5.75 Å². The van der Waals surface area contributed by atoms with Gasteiger partial charge in [-0.1, -0.05) is 41.6 Å². The van der Waals surface area contributed by atoms with E-state index in [4.69, 9.17) is 9.73 Å². The molecule has 1 saturated heterocycles. The van der Waals surface area contributed by atoms with Crippen LogP contribution in [-0.2, 0) is 11.2 Å². The van der Waals surface area contributed by atoms with Gasteiger partial charge in [0.05, 0.1) is 24.6 Å². The average Bonchev–Trinajstić information content (AvgIpc) is 2.99. The summed E-state index contributed by atoms with van der Waals surface area (Å²) in [7, 11) is 1.67. The minimum Gasteiger partial charge on any atom is -0.497 e. The maximum absolute atomic E-state index is 12.8. The van der Waals surface area contributed by atoms with Crippen molar-refractivity contribution >= 4 is 28.5 Å². The van der Waals surface area contributed by atoms with Crippen LogP contribution in [0.4, 0.5) is 0 Å². The molecule has 4 nitrogen and oxygen atoms in total. The number of carbonyl (C=O) groups excluding carboxylic acids is 1. The van der Waals surface area contributed by atoms with Crippen molar-refractivity contribution in [1.29, 1.82) is 0 Å². The average molecular weight is 391 g/mol. The number of nitrogens with zero attached hydrogens (tertiary/aromatic N) is 2. The lowest BCUT2D eigenvalue weighted by Crippen LogP contribution is -2.37. The van der Waals surface area contributed by atoms with Crippen LogP contribution in [0.15, 0.2) is 53.0 Å². The van der Waals surface area contributed by atoms with Crippen LogP contribution in [0, 0.1) is 6.92 Å². The van der Waals surface area contributed by atoms with Gasteiger partial charge < -0.3 is 4.74 Å². The Morgan fingerprint density at radius 2 is 1.96 bits per heavy atom. The van der Waals surface area contributed by atoms with Crippen LogP contribution < -0.4 is 4.74 Å². The van der Waals surface area contributed by atoms with Crippen LogP contribution in [0.5, 0.6) is 5.75 Å². The standard InChI is InChI=1S/C23H22N2O2S/c1-14-6-7-15-4-3-5-18-21(19(15)12-14)24-23-25(20(26)13-28-23)22(18)16-8-10-17(27-2)11-9-16/h6-12,22H,3-5,13H2,1-2H3. The molecule has 2 heterocycles. The molecule has 0 bridgehead atoms. The fourth-order valence-electron chi connectivity index (χ4n) is 4.39. The second kappa shape index (κ2) is 6.82. The second-order valence-electron chi connectivity index (χ2n) is 7.51. The largest absolute Gasteiger partial charge is 0.497 e. The SMILES string of the molecule is COc1ccc(C2C3=C(N=C4SCC(=O)N42)c2cc(C)ccc2CCC3)cc1. The molecule has 0 spiro atoms. The zero-order valence-corrected chi connectivity index (χ0v) is 16.9. The van der Waals surface area contributed by atoms with Crippen LogP contribution in [0.3, 0.4) is 0 Å². The highest BCUT2D eigenvalue weighted by Gasteiger charge is 2.41. The van der Waals surface area contributed by atoms with Gasteiger partial charge in [0.15, 0.2) is 5.17 Å². The Hall–Kier alpha value is -2.53. The van der Waals surface area contributed by atoms with Crippen molar-refractivity contribution < 1.29 is 9.53 Å². The summed E-state index contributed by atoms with van der Waals surface area (Å²) in [4.78, 5) is 19.7. The number of rotatable bonds is 2. The number of amidine groups is 1. The molecular weight excluding hydrogens is 368 g/mol. The van der Waals surface area contributed by atoms with E-state index in [2.05, 4.69) is 37.3 Å². The van der Waals surface area contributed by atoms with Crippen molar-refractivity contribution in [3.63, 3.8) is 0 Å². The predicted molar refractivity (Wildman–Crippen MR) is 114 cm³/mol. The van der Waals surface area contributed by atoms with Crippen molar-refractivity contribution in [3.05, 3.63) is 70.3 Å². The Morgan fingerprint density at radius 3 is 2.75 bits per heavy atom. The van der Waals surface area contributed by atoms with Gasteiger partial charge in [-0.2, -0.15) is 0 Å². The topological polar surface area (TPSA) is 41.9 Å². The molecule has 142 valence electrons. The van der Waals surface area contributed by atoms with Crippen molar-refractivity contribution in [1.82, 2.24) is 4.90 Å². The van der Waals surface area contributed by atoms with E-state index in [0.717, 1.165) is 41.4 Å². The second-order valence-corrected chi connectivity index (χ2v) is 8.45. The lowest BCUT2D eigenvalue weighted by atomic mass is 9.90. The smallest absolute Gasteiger partial charge is 0.239 e. The Labute approximate surface area is 169 Å². The molecule has 1 aliphatic carbocycles. The number of aryl methyl sites for hydroxylation is 2. The number of aliphatic imine (C=N–C) groups is 1. The molecule has 1 amide bonds. The van der Waals surface area contributed by atoms with Crippen molar-refractivity contribution in [3.8, 4) is 5.75 Å². The Morgan fingerprint density at radius 1 is 1.14 bits per heavy atom. The van der Waals surface area contributed by atoms with E-state index in [-0.39, 0.29) is 11.9 Å². The predicted octanol–water partition coefficient (Wildman–Crippen LogP) is 4.74. The quantitative estimate of drug-likeness (QED) is 0.744. The first kappa shape index (κ1) is 17.6. The Balaban J connectivity index is 1.72. The minimum absolute atomic E-state index is 0.0811. The molecule has 1 unspecified atom stereocenters.